The molecule has 7 aromatic carbocycles. The zero-order valence-electron chi connectivity index (χ0n) is 25.5. The summed E-state index contributed by atoms with van der Waals surface area (Å²) >= 11 is 0. The highest BCUT2D eigenvalue weighted by Crippen LogP contribution is 2.48. The van der Waals surface area contributed by atoms with E-state index in [4.69, 9.17) is 4.98 Å². The lowest BCUT2D eigenvalue weighted by Crippen LogP contribution is -2.11. The highest BCUT2D eigenvalue weighted by molar-refractivity contribution is 6.24. The summed E-state index contributed by atoms with van der Waals surface area (Å²) in [7, 11) is 0. The van der Waals surface area contributed by atoms with E-state index in [1.54, 1.807) is 0 Å². The van der Waals surface area contributed by atoms with Gasteiger partial charge in [0.1, 0.15) is 5.82 Å². The zero-order chi connectivity index (χ0) is 30.9. The standard InChI is InChI=1S/C43H28N4/c1-2-12-30(13-3-1)46(32-24-25-39-29(27-32)11-10-26-44-39)31-22-20-28(21-23-31)41-37-18-8-9-19-38(37)43-45-40-35-16-6-4-14-33(35)34-15-5-7-17-36(34)42(40)47(41)43/h1-27,41H. The molecule has 1 aliphatic rings. The van der Waals surface area contributed by atoms with Crippen molar-refractivity contribution in [2.24, 2.45) is 0 Å². The zero-order valence-corrected chi connectivity index (χ0v) is 25.5. The molecule has 0 fully saturated rings. The molecule has 4 nitrogen and oxygen atoms in total. The molecule has 0 radical (unpaired) electrons. The third-order valence-electron chi connectivity index (χ3n) is 9.65. The fourth-order valence-corrected chi connectivity index (χ4v) is 7.61. The molecule has 10 rings (SSSR count). The molecule has 0 N–H and O–H groups in total. The molecule has 0 amide bonds. The molecule has 0 saturated heterocycles. The third-order valence-corrected chi connectivity index (χ3v) is 9.65. The molecule has 1 unspecified atom stereocenters. The van der Waals surface area contributed by atoms with Gasteiger partial charge in [-0.2, -0.15) is 0 Å². The van der Waals surface area contributed by atoms with Crippen molar-refractivity contribution >= 4 is 60.5 Å². The third kappa shape index (κ3) is 3.88. The van der Waals surface area contributed by atoms with Crippen LogP contribution in [0.1, 0.15) is 17.2 Å². The Morgan fingerprint density at radius 2 is 1.19 bits per heavy atom. The van der Waals surface area contributed by atoms with Crippen LogP contribution in [0.3, 0.4) is 0 Å². The maximum absolute atomic E-state index is 5.39. The lowest BCUT2D eigenvalue weighted by Gasteiger charge is -2.26. The smallest absolute Gasteiger partial charge is 0.142 e. The van der Waals surface area contributed by atoms with Gasteiger partial charge in [0.15, 0.2) is 0 Å². The molecule has 2 aromatic heterocycles. The van der Waals surface area contributed by atoms with E-state index in [0.717, 1.165) is 39.3 Å². The number of anilines is 3. The Hall–Kier alpha value is -6.26. The second-order valence-electron chi connectivity index (χ2n) is 12.2. The van der Waals surface area contributed by atoms with Crippen LogP contribution in [0.4, 0.5) is 17.1 Å². The van der Waals surface area contributed by atoms with Crippen LogP contribution in [-0.4, -0.2) is 14.5 Å². The number of hydrogen-bond donors (Lipinski definition) is 0. The SMILES string of the molecule is c1ccc(N(c2ccc(C3c4ccccc4-c4nc5c6ccccc6c6ccccc6c5n43)cc2)c2ccc3ncccc3c2)cc1. The Bertz CT molecular complexity index is 2640. The van der Waals surface area contributed by atoms with Crippen molar-refractivity contribution in [1.29, 1.82) is 0 Å². The fraction of sp³-hybridized carbons (Fsp3) is 0.0233. The van der Waals surface area contributed by atoms with E-state index >= 15 is 0 Å². The molecule has 0 aliphatic carbocycles. The van der Waals surface area contributed by atoms with Gasteiger partial charge in [0, 0.05) is 45.0 Å². The number of fused-ring (bicyclic) bond motifs is 11. The van der Waals surface area contributed by atoms with Gasteiger partial charge in [0.2, 0.25) is 0 Å². The number of nitrogens with zero attached hydrogens (tertiary/aromatic N) is 4. The molecule has 9 aromatic rings. The number of aromatic nitrogens is 3. The van der Waals surface area contributed by atoms with Crippen LogP contribution in [0.2, 0.25) is 0 Å². The summed E-state index contributed by atoms with van der Waals surface area (Å²) in [6.45, 7) is 0. The van der Waals surface area contributed by atoms with Crippen molar-refractivity contribution in [1.82, 2.24) is 14.5 Å². The first-order valence-electron chi connectivity index (χ1n) is 16.0. The van der Waals surface area contributed by atoms with Crippen LogP contribution < -0.4 is 4.90 Å². The minimum absolute atomic E-state index is 0.00161. The van der Waals surface area contributed by atoms with Crippen LogP contribution in [0.15, 0.2) is 164 Å². The normalized spacial score (nSPS) is 13.7. The molecule has 1 atom stereocenters. The lowest BCUT2D eigenvalue weighted by atomic mass is 9.95. The number of pyridine rings is 1. The Labute approximate surface area is 271 Å². The van der Waals surface area contributed by atoms with Gasteiger partial charge in [-0.1, -0.05) is 109 Å². The average molecular weight is 601 g/mol. The molecule has 0 saturated carbocycles. The summed E-state index contributed by atoms with van der Waals surface area (Å²) < 4.78 is 2.48. The second kappa shape index (κ2) is 10.1. The number of imidazole rings is 1. The summed E-state index contributed by atoms with van der Waals surface area (Å²) in [5.74, 6) is 1.03. The maximum Gasteiger partial charge on any atom is 0.142 e. The summed E-state index contributed by atoms with van der Waals surface area (Å²) in [4.78, 5) is 12.3. The van der Waals surface area contributed by atoms with Gasteiger partial charge in [-0.3, -0.25) is 4.98 Å². The van der Waals surface area contributed by atoms with Crippen LogP contribution >= 0.6 is 0 Å². The van der Waals surface area contributed by atoms with Gasteiger partial charge < -0.3 is 9.47 Å². The van der Waals surface area contributed by atoms with Crippen molar-refractivity contribution in [3.63, 3.8) is 0 Å². The number of para-hydroxylation sites is 1. The predicted octanol–water partition coefficient (Wildman–Crippen LogP) is 11.0. The molecule has 220 valence electrons. The van der Waals surface area contributed by atoms with Crippen LogP contribution in [0.25, 0.3) is 54.9 Å². The van der Waals surface area contributed by atoms with E-state index < -0.39 is 0 Å². The highest BCUT2D eigenvalue weighted by atomic mass is 15.1. The van der Waals surface area contributed by atoms with E-state index in [9.17, 15) is 0 Å². The number of rotatable bonds is 4. The average Bonchev–Trinajstić information content (AvgIpc) is 3.68. The summed E-state index contributed by atoms with van der Waals surface area (Å²) in [6.07, 6.45) is 1.84. The second-order valence-corrected chi connectivity index (χ2v) is 12.2. The number of benzene rings is 7. The Balaban J connectivity index is 1.17. The van der Waals surface area contributed by atoms with E-state index in [0.29, 0.717) is 0 Å². The minimum Gasteiger partial charge on any atom is -0.312 e. The summed E-state index contributed by atoms with van der Waals surface area (Å²) in [5, 5.41) is 6.04. The molecule has 3 heterocycles. The van der Waals surface area contributed by atoms with E-state index in [-0.39, 0.29) is 6.04 Å². The maximum atomic E-state index is 5.39. The molecular formula is C43H28N4. The molecular weight excluding hydrogens is 573 g/mol. The van der Waals surface area contributed by atoms with Gasteiger partial charge >= 0.3 is 0 Å². The number of hydrogen-bond acceptors (Lipinski definition) is 3. The monoisotopic (exact) mass is 600 g/mol. The van der Waals surface area contributed by atoms with Gasteiger partial charge in [-0.15, -0.1) is 0 Å². The first-order valence-corrected chi connectivity index (χ1v) is 16.0. The van der Waals surface area contributed by atoms with Crippen LogP contribution in [-0.2, 0) is 0 Å². The highest BCUT2D eigenvalue weighted by Gasteiger charge is 2.34. The van der Waals surface area contributed by atoms with Gasteiger partial charge in [0.05, 0.1) is 22.6 Å². The predicted molar refractivity (Wildman–Crippen MR) is 194 cm³/mol. The topological polar surface area (TPSA) is 34.0 Å². The van der Waals surface area contributed by atoms with Crippen molar-refractivity contribution < 1.29 is 0 Å². The van der Waals surface area contributed by atoms with Crippen LogP contribution in [0, 0.1) is 0 Å². The Kier molecular flexibility index (Phi) is 5.60. The first kappa shape index (κ1) is 26.0. The Morgan fingerprint density at radius 3 is 2.02 bits per heavy atom. The van der Waals surface area contributed by atoms with Crippen molar-refractivity contribution in [3.8, 4) is 11.4 Å². The molecule has 47 heavy (non-hydrogen) atoms. The van der Waals surface area contributed by atoms with Crippen LogP contribution in [0.5, 0.6) is 0 Å². The Morgan fingerprint density at radius 1 is 0.532 bits per heavy atom. The van der Waals surface area contributed by atoms with Crippen molar-refractivity contribution in [3.05, 3.63) is 175 Å². The van der Waals surface area contributed by atoms with Gasteiger partial charge in [-0.25, -0.2) is 4.98 Å². The lowest BCUT2D eigenvalue weighted by molar-refractivity contribution is 0.741. The molecule has 4 heteroatoms. The summed E-state index contributed by atoms with van der Waals surface area (Å²) in [6, 6.07) is 56.4. The largest absolute Gasteiger partial charge is 0.312 e. The first-order chi connectivity index (χ1) is 23.3. The quantitative estimate of drug-likeness (QED) is 0.188. The van der Waals surface area contributed by atoms with Gasteiger partial charge in [0.25, 0.3) is 0 Å². The van der Waals surface area contributed by atoms with E-state index in [1.165, 1.54) is 43.8 Å². The van der Waals surface area contributed by atoms with Crippen molar-refractivity contribution in [2.45, 2.75) is 6.04 Å². The van der Waals surface area contributed by atoms with Crippen molar-refractivity contribution in [2.75, 3.05) is 4.90 Å². The fourth-order valence-electron chi connectivity index (χ4n) is 7.61. The minimum atomic E-state index is 0.00161. The van der Waals surface area contributed by atoms with E-state index in [2.05, 4.69) is 166 Å². The molecule has 1 aliphatic heterocycles. The molecule has 0 spiro atoms. The summed E-state index contributed by atoms with van der Waals surface area (Å²) in [5.41, 5.74) is 10.2. The molecule has 0 bridgehead atoms. The van der Waals surface area contributed by atoms with E-state index in [1.807, 2.05) is 12.3 Å². The van der Waals surface area contributed by atoms with Gasteiger partial charge in [-0.05, 0) is 70.4 Å².